The average Bonchev–Trinajstić information content (AvgIpc) is 3.19. The molecule has 1 unspecified atom stereocenters. The number of primary amides is 1. The number of carbonyl (C=O) groups is 2. The van der Waals surface area contributed by atoms with E-state index in [1.165, 1.54) is 11.8 Å². The number of fused-ring (bicyclic) bond motifs is 3. The van der Waals surface area contributed by atoms with Crippen LogP contribution in [0.5, 0.6) is 5.75 Å². The quantitative estimate of drug-likeness (QED) is 0.786. The van der Waals surface area contributed by atoms with Crippen LogP contribution in [-0.4, -0.2) is 45.6 Å². The van der Waals surface area contributed by atoms with Gasteiger partial charge in [-0.2, -0.15) is 5.26 Å². The van der Waals surface area contributed by atoms with E-state index in [-0.39, 0.29) is 24.2 Å². The SMILES string of the molecule is N#CCC1CSC(=O)N1c1cn2c(n1)-c1ccc(NCC(N)=O)cc1OCC2. The van der Waals surface area contributed by atoms with Crippen LogP contribution in [0.4, 0.5) is 16.3 Å². The van der Waals surface area contributed by atoms with Crippen molar-refractivity contribution in [3.8, 4) is 23.2 Å². The van der Waals surface area contributed by atoms with Crippen molar-refractivity contribution in [1.82, 2.24) is 9.55 Å². The van der Waals surface area contributed by atoms with Gasteiger partial charge in [-0.3, -0.25) is 14.5 Å². The lowest BCUT2D eigenvalue weighted by Gasteiger charge is -2.18. The number of nitrogens with zero attached hydrogens (tertiary/aromatic N) is 4. The highest BCUT2D eigenvalue weighted by atomic mass is 32.2. The molecule has 3 N–H and O–H groups in total. The number of aromatic nitrogens is 2. The third-order valence-electron chi connectivity index (χ3n) is 4.58. The fourth-order valence-corrected chi connectivity index (χ4v) is 4.26. The van der Waals surface area contributed by atoms with Gasteiger partial charge < -0.3 is 20.4 Å². The van der Waals surface area contributed by atoms with Crippen LogP contribution in [-0.2, 0) is 11.3 Å². The predicted molar refractivity (Wildman–Crippen MR) is 105 cm³/mol. The monoisotopic (exact) mass is 398 g/mol. The summed E-state index contributed by atoms with van der Waals surface area (Å²) in [5, 5.41) is 11.9. The molecule has 144 valence electrons. The summed E-state index contributed by atoms with van der Waals surface area (Å²) in [5.74, 6) is 2.03. The molecule has 10 heteroatoms. The average molecular weight is 398 g/mol. The molecule has 0 radical (unpaired) electrons. The van der Waals surface area contributed by atoms with Crippen LogP contribution in [0.15, 0.2) is 24.4 Å². The Morgan fingerprint density at radius 3 is 3.14 bits per heavy atom. The van der Waals surface area contributed by atoms with Crippen LogP contribution in [0, 0.1) is 11.3 Å². The van der Waals surface area contributed by atoms with E-state index in [2.05, 4.69) is 11.4 Å². The summed E-state index contributed by atoms with van der Waals surface area (Å²) in [4.78, 5) is 29.6. The van der Waals surface area contributed by atoms with Crippen molar-refractivity contribution in [2.45, 2.75) is 19.0 Å². The maximum absolute atomic E-state index is 12.3. The maximum atomic E-state index is 12.3. The van der Waals surface area contributed by atoms with E-state index >= 15 is 0 Å². The van der Waals surface area contributed by atoms with Gasteiger partial charge in [-0.25, -0.2) is 4.98 Å². The number of ether oxygens (including phenoxy) is 1. The second-order valence-electron chi connectivity index (χ2n) is 6.46. The van der Waals surface area contributed by atoms with E-state index in [1.807, 2.05) is 22.9 Å². The Labute approximate surface area is 165 Å². The molecule has 1 aromatic heterocycles. The number of nitrogens with two attached hydrogens (primary N) is 1. The Morgan fingerprint density at radius 1 is 1.50 bits per heavy atom. The molecule has 4 rings (SSSR count). The van der Waals surface area contributed by atoms with Gasteiger partial charge in [0.25, 0.3) is 5.24 Å². The summed E-state index contributed by atoms with van der Waals surface area (Å²) in [6, 6.07) is 7.46. The third-order valence-corrected chi connectivity index (χ3v) is 5.57. The smallest absolute Gasteiger partial charge is 0.287 e. The van der Waals surface area contributed by atoms with Gasteiger partial charge >= 0.3 is 0 Å². The lowest BCUT2D eigenvalue weighted by Crippen LogP contribution is -2.33. The topological polar surface area (TPSA) is 126 Å². The zero-order valence-corrected chi connectivity index (χ0v) is 15.7. The normalized spacial score (nSPS) is 17.9. The molecule has 1 aromatic carbocycles. The van der Waals surface area contributed by atoms with E-state index in [4.69, 9.17) is 20.7 Å². The molecule has 0 aliphatic carbocycles. The predicted octanol–water partition coefficient (Wildman–Crippen LogP) is 1.80. The zero-order chi connectivity index (χ0) is 19.7. The molecule has 0 saturated carbocycles. The minimum atomic E-state index is -0.448. The van der Waals surface area contributed by atoms with Gasteiger partial charge in [-0.1, -0.05) is 11.8 Å². The van der Waals surface area contributed by atoms with E-state index in [1.54, 1.807) is 11.0 Å². The summed E-state index contributed by atoms with van der Waals surface area (Å²) < 4.78 is 7.79. The number of benzene rings is 1. The van der Waals surface area contributed by atoms with Crippen molar-refractivity contribution >= 4 is 34.4 Å². The zero-order valence-electron chi connectivity index (χ0n) is 14.9. The Morgan fingerprint density at radius 2 is 2.36 bits per heavy atom. The fraction of sp³-hybridized carbons (Fsp3) is 0.333. The van der Waals surface area contributed by atoms with Gasteiger partial charge in [0.15, 0.2) is 5.82 Å². The fourth-order valence-electron chi connectivity index (χ4n) is 3.28. The molecule has 2 amide bonds. The number of carbonyl (C=O) groups excluding carboxylic acids is 2. The second kappa shape index (κ2) is 7.44. The van der Waals surface area contributed by atoms with Crippen LogP contribution in [0.3, 0.4) is 0 Å². The van der Waals surface area contributed by atoms with Crippen LogP contribution < -0.4 is 20.7 Å². The summed E-state index contributed by atoms with van der Waals surface area (Å²) >= 11 is 1.21. The Balaban J connectivity index is 1.67. The number of imidazole rings is 1. The number of amides is 2. The standard InChI is InChI=1S/C18H18N6O3S/c19-4-3-12-10-28-18(26)24(12)16-9-23-5-6-27-14-7-11(21-8-15(20)25)1-2-13(14)17(23)22-16/h1-2,7,9,12,21H,3,5-6,8,10H2,(H2,20,25). The van der Waals surface area contributed by atoms with Crippen LogP contribution in [0.25, 0.3) is 11.4 Å². The van der Waals surface area contributed by atoms with Crippen molar-refractivity contribution in [2.24, 2.45) is 5.73 Å². The number of hydrogen-bond acceptors (Lipinski definition) is 7. The minimum absolute atomic E-state index is 0.0343. The minimum Gasteiger partial charge on any atom is -0.491 e. The van der Waals surface area contributed by atoms with Gasteiger partial charge in [0.1, 0.15) is 18.2 Å². The van der Waals surface area contributed by atoms with Crippen molar-refractivity contribution in [3.05, 3.63) is 24.4 Å². The van der Waals surface area contributed by atoms with E-state index in [9.17, 15) is 9.59 Å². The third kappa shape index (κ3) is 3.36. The largest absolute Gasteiger partial charge is 0.491 e. The molecule has 1 fully saturated rings. The summed E-state index contributed by atoms with van der Waals surface area (Å²) in [6.45, 7) is 1.06. The van der Waals surface area contributed by atoms with Crippen LogP contribution in [0.2, 0.25) is 0 Å². The second-order valence-corrected chi connectivity index (χ2v) is 7.43. The molecule has 3 heterocycles. The van der Waals surface area contributed by atoms with Gasteiger partial charge in [0, 0.05) is 23.7 Å². The first-order chi connectivity index (χ1) is 13.6. The molecule has 2 aliphatic rings. The van der Waals surface area contributed by atoms with Crippen molar-refractivity contribution in [3.63, 3.8) is 0 Å². The molecule has 1 saturated heterocycles. The van der Waals surface area contributed by atoms with Crippen LogP contribution >= 0.6 is 11.8 Å². The van der Waals surface area contributed by atoms with Gasteiger partial charge in [0.2, 0.25) is 5.91 Å². The van der Waals surface area contributed by atoms with E-state index in [0.717, 1.165) is 11.3 Å². The first kappa shape index (κ1) is 18.2. The highest BCUT2D eigenvalue weighted by molar-refractivity contribution is 8.14. The highest BCUT2D eigenvalue weighted by Gasteiger charge is 2.35. The molecule has 28 heavy (non-hydrogen) atoms. The molecule has 2 aromatic rings. The number of rotatable bonds is 5. The number of thioether (sulfide) groups is 1. The van der Waals surface area contributed by atoms with Crippen molar-refractivity contribution in [1.29, 1.82) is 5.26 Å². The molecule has 1 atom stereocenters. The molecular formula is C18H18N6O3S. The molecule has 9 nitrogen and oxygen atoms in total. The summed E-state index contributed by atoms with van der Waals surface area (Å²) in [7, 11) is 0. The lowest BCUT2D eigenvalue weighted by atomic mass is 10.1. The molecule has 0 spiro atoms. The van der Waals surface area contributed by atoms with E-state index in [0.29, 0.717) is 36.3 Å². The van der Waals surface area contributed by atoms with E-state index < -0.39 is 5.91 Å². The number of hydrogen-bond donors (Lipinski definition) is 2. The summed E-state index contributed by atoms with van der Waals surface area (Å²) in [5.41, 5.74) is 6.69. The van der Waals surface area contributed by atoms with Gasteiger partial charge in [-0.05, 0) is 12.1 Å². The Bertz CT molecular complexity index is 982. The first-order valence-corrected chi connectivity index (χ1v) is 9.75. The van der Waals surface area contributed by atoms with Crippen molar-refractivity contribution < 1.29 is 14.3 Å². The first-order valence-electron chi connectivity index (χ1n) is 8.76. The molecule has 0 bridgehead atoms. The van der Waals surface area contributed by atoms with Crippen LogP contribution in [0.1, 0.15) is 6.42 Å². The highest BCUT2D eigenvalue weighted by Crippen LogP contribution is 2.37. The van der Waals surface area contributed by atoms with Crippen molar-refractivity contribution in [2.75, 3.05) is 29.1 Å². The van der Waals surface area contributed by atoms with Gasteiger partial charge in [0.05, 0.1) is 37.2 Å². The number of nitrogens with one attached hydrogen (secondary N) is 1. The lowest BCUT2D eigenvalue weighted by molar-refractivity contribution is -0.116. The molecular weight excluding hydrogens is 380 g/mol. The Kier molecular flexibility index (Phi) is 4.83. The van der Waals surface area contributed by atoms with Gasteiger partial charge in [-0.15, -0.1) is 0 Å². The molecule has 2 aliphatic heterocycles. The maximum Gasteiger partial charge on any atom is 0.287 e. The summed E-state index contributed by atoms with van der Waals surface area (Å²) in [6.07, 6.45) is 2.11. The Hall–Kier alpha value is -3.19. The number of nitriles is 1. The number of anilines is 2.